The van der Waals surface area contributed by atoms with E-state index >= 15 is 0 Å². The zero-order valence-corrected chi connectivity index (χ0v) is 10.1. The van der Waals surface area contributed by atoms with Gasteiger partial charge in [-0.25, -0.2) is 0 Å². The second kappa shape index (κ2) is 5.89. The van der Waals surface area contributed by atoms with Gasteiger partial charge in [0.05, 0.1) is 0 Å². The van der Waals surface area contributed by atoms with Crippen molar-refractivity contribution in [3.05, 3.63) is 0 Å². The van der Waals surface area contributed by atoms with E-state index in [1.54, 1.807) is 0 Å². The number of nitrogens with two attached hydrogens (primary N) is 1. The molecule has 1 unspecified atom stereocenters. The first-order chi connectivity index (χ1) is 7.36. The van der Waals surface area contributed by atoms with E-state index < -0.39 is 0 Å². The van der Waals surface area contributed by atoms with Crippen LogP contribution in [0, 0.1) is 11.8 Å². The molecule has 15 heavy (non-hydrogen) atoms. The van der Waals surface area contributed by atoms with E-state index in [4.69, 9.17) is 5.73 Å². The van der Waals surface area contributed by atoms with Crippen molar-refractivity contribution < 1.29 is 0 Å². The van der Waals surface area contributed by atoms with E-state index in [9.17, 15) is 0 Å². The maximum atomic E-state index is 6.33. The smallest absolute Gasteiger partial charge is 0.00672 e. The van der Waals surface area contributed by atoms with Crippen LogP contribution in [0.15, 0.2) is 0 Å². The SMILES string of the molecule is NC(CCC1CCCC1)C1CCCCC1. The van der Waals surface area contributed by atoms with Crippen molar-refractivity contribution in [2.45, 2.75) is 76.7 Å². The second-order valence-corrected chi connectivity index (χ2v) is 5.79. The Labute approximate surface area is 94.8 Å². The first-order valence-electron chi connectivity index (χ1n) is 7.12. The van der Waals surface area contributed by atoms with Crippen LogP contribution in [0.5, 0.6) is 0 Å². The predicted molar refractivity (Wildman–Crippen MR) is 65.7 cm³/mol. The van der Waals surface area contributed by atoms with Crippen LogP contribution in [0.4, 0.5) is 0 Å². The molecule has 0 radical (unpaired) electrons. The molecule has 0 aromatic rings. The highest BCUT2D eigenvalue weighted by atomic mass is 14.6. The monoisotopic (exact) mass is 209 g/mol. The van der Waals surface area contributed by atoms with Gasteiger partial charge in [-0.15, -0.1) is 0 Å². The average molecular weight is 209 g/mol. The molecule has 0 aromatic heterocycles. The summed E-state index contributed by atoms with van der Waals surface area (Å²) in [5.74, 6) is 1.89. The maximum absolute atomic E-state index is 6.33. The minimum Gasteiger partial charge on any atom is -0.327 e. The number of hydrogen-bond acceptors (Lipinski definition) is 1. The normalized spacial score (nSPS) is 27.0. The van der Waals surface area contributed by atoms with Gasteiger partial charge >= 0.3 is 0 Å². The predicted octanol–water partition coefficient (Wildman–Crippen LogP) is 3.86. The molecule has 0 saturated heterocycles. The Kier molecular flexibility index (Phi) is 4.49. The highest BCUT2D eigenvalue weighted by molar-refractivity contribution is 4.78. The van der Waals surface area contributed by atoms with Crippen molar-refractivity contribution in [3.63, 3.8) is 0 Å². The van der Waals surface area contributed by atoms with Crippen LogP contribution >= 0.6 is 0 Å². The summed E-state index contributed by atoms with van der Waals surface area (Å²) in [5.41, 5.74) is 6.33. The molecule has 0 heterocycles. The molecule has 1 atom stereocenters. The molecule has 2 rings (SSSR count). The Morgan fingerprint density at radius 1 is 0.867 bits per heavy atom. The van der Waals surface area contributed by atoms with Crippen molar-refractivity contribution in [1.29, 1.82) is 0 Å². The van der Waals surface area contributed by atoms with Gasteiger partial charge in [0.1, 0.15) is 0 Å². The number of hydrogen-bond donors (Lipinski definition) is 1. The fraction of sp³-hybridized carbons (Fsp3) is 1.00. The summed E-state index contributed by atoms with van der Waals surface area (Å²) in [7, 11) is 0. The molecule has 0 spiro atoms. The van der Waals surface area contributed by atoms with Crippen molar-refractivity contribution in [1.82, 2.24) is 0 Å². The van der Waals surface area contributed by atoms with E-state index in [1.165, 1.54) is 70.6 Å². The van der Waals surface area contributed by atoms with E-state index in [0.29, 0.717) is 6.04 Å². The van der Waals surface area contributed by atoms with Crippen LogP contribution in [0.1, 0.15) is 70.6 Å². The van der Waals surface area contributed by atoms with E-state index in [2.05, 4.69) is 0 Å². The van der Waals surface area contributed by atoms with Gasteiger partial charge in [-0.3, -0.25) is 0 Å². The van der Waals surface area contributed by atoms with Crippen molar-refractivity contribution in [2.24, 2.45) is 17.6 Å². The third kappa shape index (κ3) is 3.48. The molecule has 2 fully saturated rings. The first-order valence-corrected chi connectivity index (χ1v) is 7.12. The summed E-state index contributed by atoms with van der Waals surface area (Å²) in [6.45, 7) is 0. The Morgan fingerprint density at radius 3 is 2.13 bits per heavy atom. The summed E-state index contributed by atoms with van der Waals surface area (Å²) < 4.78 is 0. The summed E-state index contributed by atoms with van der Waals surface area (Å²) in [4.78, 5) is 0. The Morgan fingerprint density at radius 2 is 1.47 bits per heavy atom. The van der Waals surface area contributed by atoms with Crippen molar-refractivity contribution in [3.8, 4) is 0 Å². The maximum Gasteiger partial charge on any atom is 0.00672 e. The molecule has 0 aromatic carbocycles. The second-order valence-electron chi connectivity index (χ2n) is 5.79. The third-order valence-electron chi connectivity index (χ3n) is 4.64. The first kappa shape index (κ1) is 11.4. The van der Waals surface area contributed by atoms with Gasteiger partial charge in [0, 0.05) is 6.04 Å². The molecule has 0 aliphatic heterocycles. The van der Waals surface area contributed by atoms with Crippen LogP contribution in [-0.4, -0.2) is 6.04 Å². The lowest BCUT2D eigenvalue weighted by molar-refractivity contribution is 0.281. The Bertz CT molecular complexity index is 166. The molecular weight excluding hydrogens is 182 g/mol. The van der Waals surface area contributed by atoms with Crippen molar-refractivity contribution >= 4 is 0 Å². The zero-order chi connectivity index (χ0) is 10.5. The van der Waals surface area contributed by atoms with Crippen LogP contribution in [0.25, 0.3) is 0 Å². The van der Waals surface area contributed by atoms with E-state index in [1.807, 2.05) is 0 Å². The molecule has 2 aliphatic rings. The Balaban J connectivity index is 1.64. The molecule has 0 bridgehead atoms. The summed E-state index contributed by atoms with van der Waals surface area (Å²) >= 11 is 0. The van der Waals surface area contributed by atoms with Gasteiger partial charge in [-0.2, -0.15) is 0 Å². The van der Waals surface area contributed by atoms with Gasteiger partial charge in [0.2, 0.25) is 0 Å². The fourth-order valence-electron chi connectivity index (χ4n) is 3.53. The average Bonchev–Trinajstić information content (AvgIpc) is 2.80. The number of rotatable bonds is 4. The molecule has 0 amide bonds. The highest BCUT2D eigenvalue weighted by Crippen LogP contribution is 2.32. The van der Waals surface area contributed by atoms with Crippen molar-refractivity contribution in [2.75, 3.05) is 0 Å². The molecule has 2 saturated carbocycles. The van der Waals surface area contributed by atoms with Gasteiger partial charge in [-0.1, -0.05) is 44.9 Å². The highest BCUT2D eigenvalue weighted by Gasteiger charge is 2.22. The van der Waals surface area contributed by atoms with E-state index in [-0.39, 0.29) is 0 Å². The van der Waals surface area contributed by atoms with Gasteiger partial charge in [0.25, 0.3) is 0 Å². The molecule has 1 heteroatoms. The van der Waals surface area contributed by atoms with Gasteiger partial charge < -0.3 is 5.73 Å². The standard InChI is InChI=1S/C14H27N/c15-14(13-8-2-1-3-9-13)11-10-12-6-4-5-7-12/h12-14H,1-11,15H2. The van der Waals surface area contributed by atoms with Crippen LogP contribution < -0.4 is 5.73 Å². The lowest BCUT2D eigenvalue weighted by atomic mass is 9.81. The fourth-order valence-corrected chi connectivity index (χ4v) is 3.53. The van der Waals surface area contributed by atoms with Crippen LogP contribution in [-0.2, 0) is 0 Å². The minimum absolute atomic E-state index is 0.519. The largest absolute Gasteiger partial charge is 0.327 e. The van der Waals surface area contributed by atoms with Crippen LogP contribution in [0.2, 0.25) is 0 Å². The molecule has 88 valence electrons. The zero-order valence-electron chi connectivity index (χ0n) is 10.1. The van der Waals surface area contributed by atoms with Crippen LogP contribution in [0.3, 0.4) is 0 Å². The lowest BCUT2D eigenvalue weighted by Gasteiger charge is -2.28. The molecule has 1 nitrogen and oxygen atoms in total. The van der Waals surface area contributed by atoms with E-state index in [0.717, 1.165) is 11.8 Å². The summed E-state index contributed by atoms with van der Waals surface area (Å²) in [5, 5.41) is 0. The lowest BCUT2D eigenvalue weighted by Crippen LogP contribution is -2.31. The molecule has 2 N–H and O–H groups in total. The Hall–Kier alpha value is -0.0400. The topological polar surface area (TPSA) is 26.0 Å². The third-order valence-corrected chi connectivity index (χ3v) is 4.64. The summed E-state index contributed by atoms with van der Waals surface area (Å²) in [6, 6.07) is 0.519. The van der Waals surface area contributed by atoms with Gasteiger partial charge in [-0.05, 0) is 37.5 Å². The molecular formula is C14H27N. The molecule has 2 aliphatic carbocycles. The quantitative estimate of drug-likeness (QED) is 0.747. The minimum atomic E-state index is 0.519. The van der Waals surface area contributed by atoms with Gasteiger partial charge in [0.15, 0.2) is 0 Å². The summed E-state index contributed by atoms with van der Waals surface area (Å²) in [6.07, 6.45) is 15.8.